The molecule has 3 heterocycles. The third-order valence-electron chi connectivity index (χ3n) is 2.43. The number of anilines is 1. The first-order chi connectivity index (χ1) is 10.3. The molecule has 0 aromatic carbocycles. The van der Waals surface area contributed by atoms with Crippen molar-refractivity contribution in [3.05, 3.63) is 42.9 Å². The van der Waals surface area contributed by atoms with Crippen LogP contribution < -0.4 is 5.32 Å². The maximum absolute atomic E-state index is 11.8. The van der Waals surface area contributed by atoms with E-state index in [9.17, 15) is 4.79 Å². The second kappa shape index (κ2) is 6.23. The highest BCUT2D eigenvalue weighted by molar-refractivity contribution is 7.99. The fourth-order valence-electron chi connectivity index (χ4n) is 1.53. The number of nitrogens with zero attached hydrogens (tertiary/aromatic N) is 3. The van der Waals surface area contributed by atoms with Crippen molar-refractivity contribution < 1.29 is 13.6 Å². The van der Waals surface area contributed by atoms with Gasteiger partial charge in [0, 0.05) is 18.1 Å². The van der Waals surface area contributed by atoms with E-state index >= 15 is 0 Å². The maximum Gasteiger partial charge on any atom is 0.284 e. The summed E-state index contributed by atoms with van der Waals surface area (Å²) in [4.78, 5) is 15.6. The number of nitrogens with one attached hydrogen (secondary N) is 1. The SMILES string of the molecule is O=C(CSc1nnc(-c2ccco2)o1)Nc1ccncc1. The number of thioether (sulfide) groups is 1. The van der Waals surface area contributed by atoms with Gasteiger partial charge in [0.2, 0.25) is 5.91 Å². The van der Waals surface area contributed by atoms with Crippen LogP contribution in [0.5, 0.6) is 0 Å². The Morgan fingerprint density at radius 2 is 2.10 bits per heavy atom. The minimum Gasteiger partial charge on any atom is -0.459 e. The second-order valence-corrected chi connectivity index (χ2v) is 4.85. The molecule has 0 saturated carbocycles. The standard InChI is InChI=1S/C13H10N4O3S/c18-11(15-9-3-5-14-6-4-9)8-21-13-17-16-12(20-13)10-2-1-7-19-10/h1-7H,8H2,(H,14,15,18). The summed E-state index contributed by atoms with van der Waals surface area (Å²) in [5.74, 6) is 0.791. The van der Waals surface area contributed by atoms with Gasteiger partial charge in [-0.25, -0.2) is 0 Å². The molecule has 106 valence electrons. The summed E-state index contributed by atoms with van der Waals surface area (Å²) >= 11 is 1.16. The molecule has 0 bridgehead atoms. The van der Waals surface area contributed by atoms with Crippen LogP contribution in [-0.4, -0.2) is 26.8 Å². The zero-order chi connectivity index (χ0) is 14.5. The van der Waals surface area contributed by atoms with Gasteiger partial charge in [-0.05, 0) is 24.3 Å². The quantitative estimate of drug-likeness (QED) is 0.723. The van der Waals surface area contributed by atoms with Crippen LogP contribution in [0.25, 0.3) is 11.7 Å². The molecule has 3 rings (SSSR count). The van der Waals surface area contributed by atoms with Gasteiger partial charge in [0.05, 0.1) is 12.0 Å². The highest BCUT2D eigenvalue weighted by atomic mass is 32.2. The van der Waals surface area contributed by atoms with Crippen molar-refractivity contribution >= 4 is 23.4 Å². The van der Waals surface area contributed by atoms with E-state index in [-0.39, 0.29) is 17.6 Å². The Morgan fingerprint density at radius 1 is 1.24 bits per heavy atom. The third-order valence-corrected chi connectivity index (χ3v) is 3.25. The fourth-order valence-corrected chi connectivity index (χ4v) is 2.09. The molecule has 0 unspecified atom stereocenters. The lowest BCUT2D eigenvalue weighted by Gasteiger charge is -2.02. The molecule has 0 radical (unpaired) electrons. The van der Waals surface area contributed by atoms with E-state index in [1.807, 2.05) is 0 Å². The summed E-state index contributed by atoms with van der Waals surface area (Å²) < 4.78 is 10.5. The number of rotatable bonds is 5. The lowest BCUT2D eigenvalue weighted by Crippen LogP contribution is -2.13. The predicted molar refractivity (Wildman–Crippen MR) is 75.6 cm³/mol. The van der Waals surface area contributed by atoms with Crippen LogP contribution in [0.3, 0.4) is 0 Å². The van der Waals surface area contributed by atoms with Crippen molar-refractivity contribution in [2.24, 2.45) is 0 Å². The Balaban J connectivity index is 1.54. The molecule has 8 heteroatoms. The Labute approximate surface area is 123 Å². The van der Waals surface area contributed by atoms with E-state index < -0.39 is 0 Å². The van der Waals surface area contributed by atoms with E-state index in [4.69, 9.17) is 8.83 Å². The molecular weight excluding hydrogens is 292 g/mol. The van der Waals surface area contributed by atoms with E-state index in [0.29, 0.717) is 16.7 Å². The lowest BCUT2D eigenvalue weighted by atomic mass is 10.4. The van der Waals surface area contributed by atoms with Crippen LogP contribution in [0.1, 0.15) is 0 Å². The van der Waals surface area contributed by atoms with Gasteiger partial charge in [-0.1, -0.05) is 11.8 Å². The largest absolute Gasteiger partial charge is 0.459 e. The van der Waals surface area contributed by atoms with Gasteiger partial charge >= 0.3 is 0 Å². The summed E-state index contributed by atoms with van der Waals surface area (Å²) in [6.45, 7) is 0. The average molecular weight is 302 g/mol. The van der Waals surface area contributed by atoms with Gasteiger partial charge in [0.15, 0.2) is 5.76 Å². The number of carbonyl (C=O) groups excluding carboxylic acids is 1. The van der Waals surface area contributed by atoms with Crippen molar-refractivity contribution in [3.8, 4) is 11.7 Å². The van der Waals surface area contributed by atoms with Crippen LogP contribution in [-0.2, 0) is 4.79 Å². The van der Waals surface area contributed by atoms with E-state index in [0.717, 1.165) is 11.8 Å². The number of hydrogen-bond donors (Lipinski definition) is 1. The van der Waals surface area contributed by atoms with E-state index in [1.54, 1.807) is 36.7 Å². The van der Waals surface area contributed by atoms with Gasteiger partial charge < -0.3 is 14.2 Å². The third kappa shape index (κ3) is 3.48. The van der Waals surface area contributed by atoms with Crippen LogP contribution in [0.15, 0.2) is 57.0 Å². The molecule has 0 aliphatic carbocycles. The molecule has 3 aromatic rings. The van der Waals surface area contributed by atoms with Crippen molar-refractivity contribution in [1.82, 2.24) is 15.2 Å². The normalized spacial score (nSPS) is 10.5. The van der Waals surface area contributed by atoms with Gasteiger partial charge in [-0.15, -0.1) is 10.2 Å². The summed E-state index contributed by atoms with van der Waals surface area (Å²) in [5, 5.41) is 10.7. The Morgan fingerprint density at radius 3 is 2.86 bits per heavy atom. The van der Waals surface area contributed by atoms with Crippen molar-refractivity contribution in [2.45, 2.75) is 5.22 Å². The van der Waals surface area contributed by atoms with Crippen LogP contribution in [0.4, 0.5) is 5.69 Å². The number of aromatic nitrogens is 3. The smallest absolute Gasteiger partial charge is 0.284 e. The van der Waals surface area contributed by atoms with E-state index in [2.05, 4.69) is 20.5 Å². The Bertz CT molecular complexity index is 712. The summed E-state index contributed by atoms with van der Waals surface area (Å²) in [7, 11) is 0. The summed E-state index contributed by atoms with van der Waals surface area (Å²) in [5.41, 5.74) is 0.692. The van der Waals surface area contributed by atoms with E-state index in [1.165, 1.54) is 6.26 Å². The molecule has 3 aromatic heterocycles. The first-order valence-corrected chi connectivity index (χ1v) is 7.00. The summed E-state index contributed by atoms with van der Waals surface area (Å²) in [6, 6.07) is 6.88. The molecular formula is C13H10N4O3S. The Hall–Kier alpha value is -2.61. The summed E-state index contributed by atoms with van der Waals surface area (Å²) in [6.07, 6.45) is 4.74. The van der Waals surface area contributed by atoms with Crippen LogP contribution in [0, 0.1) is 0 Å². The number of furan rings is 1. The number of carbonyl (C=O) groups is 1. The monoisotopic (exact) mass is 302 g/mol. The molecule has 0 spiro atoms. The number of pyridine rings is 1. The first-order valence-electron chi connectivity index (χ1n) is 6.01. The molecule has 0 atom stereocenters. The number of hydrogen-bond acceptors (Lipinski definition) is 7. The zero-order valence-corrected chi connectivity index (χ0v) is 11.5. The van der Waals surface area contributed by atoms with Crippen LogP contribution in [0.2, 0.25) is 0 Å². The highest BCUT2D eigenvalue weighted by Crippen LogP contribution is 2.23. The highest BCUT2D eigenvalue weighted by Gasteiger charge is 2.12. The lowest BCUT2D eigenvalue weighted by molar-refractivity contribution is -0.113. The van der Waals surface area contributed by atoms with Crippen molar-refractivity contribution in [2.75, 3.05) is 11.1 Å². The fraction of sp³-hybridized carbons (Fsp3) is 0.0769. The van der Waals surface area contributed by atoms with Gasteiger partial charge in [0.1, 0.15) is 0 Å². The maximum atomic E-state index is 11.8. The van der Waals surface area contributed by atoms with Gasteiger partial charge in [-0.3, -0.25) is 9.78 Å². The minimum atomic E-state index is -0.163. The zero-order valence-electron chi connectivity index (χ0n) is 10.7. The average Bonchev–Trinajstić information content (AvgIpc) is 3.17. The minimum absolute atomic E-state index is 0.163. The topological polar surface area (TPSA) is 94.0 Å². The molecule has 21 heavy (non-hydrogen) atoms. The molecule has 7 nitrogen and oxygen atoms in total. The van der Waals surface area contributed by atoms with Crippen molar-refractivity contribution in [3.63, 3.8) is 0 Å². The first kappa shape index (κ1) is 13.4. The molecule has 0 saturated heterocycles. The molecule has 0 fully saturated rings. The molecule has 1 amide bonds. The van der Waals surface area contributed by atoms with Gasteiger partial charge in [-0.2, -0.15) is 0 Å². The van der Waals surface area contributed by atoms with Crippen LogP contribution >= 0.6 is 11.8 Å². The molecule has 1 N–H and O–H groups in total. The van der Waals surface area contributed by atoms with Crippen molar-refractivity contribution in [1.29, 1.82) is 0 Å². The number of amides is 1. The van der Waals surface area contributed by atoms with Gasteiger partial charge in [0.25, 0.3) is 11.1 Å². The predicted octanol–water partition coefficient (Wildman–Crippen LogP) is 2.46. The Kier molecular flexibility index (Phi) is 3.97. The molecule has 0 aliphatic heterocycles. The second-order valence-electron chi connectivity index (χ2n) is 3.92. The molecule has 0 aliphatic rings.